The van der Waals surface area contributed by atoms with Crippen LogP contribution in [0.3, 0.4) is 0 Å². The van der Waals surface area contributed by atoms with E-state index in [1.54, 1.807) is 6.08 Å². The average Bonchev–Trinajstić information content (AvgIpc) is 2.50. The number of carbonyl (C=O) groups is 1. The summed E-state index contributed by atoms with van der Waals surface area (Å²) in [5.74, 6) is -0.334. The second-order valence-electron chi connectivity index (χ2n) is 3.13. The van der Waals surface area contributed by atoms with Gasteiger partial charge in [-0.15, -0.1) is 17.9 Å². The van der Waals surface area contributed by atoms with E-state index in [-0.39, 0.29) is 12.5 Å². The van der Waals surface area contributed by atoms with Crippen LogP contribution in [-0.2, 0) is 11.3 Å². The molecule has 0 atom stereocenters. The van der Waals surface area contributed by atoms with E-state index in [0.717, 1.165) is 9.21 Å². The fourth-order valence-electron chi connectivity index (χ4n) is 1.25. The minimum absolute atomic E-state index is 0.238. The van der Waals surface area contributed by atoms with Crippen molar-refractivity contribution in [2.75, 3.05) is 13.1 Å². The zero-order valence-electron chi connectivity index (χ0n) is 8.28. The van der Waals surface area contributed by atoms with Crippen molar-refractivity contribution >= 4 is 28.8 Å². The molecule has 0 aliphatic carbocycles. The molecule has 82 valence electrons. The van der Waals surface area contributed by atoms with Crippen LogP contribution in [0, 0.1) is 0 Å². The molecule has 0 aliphatic rings. The fraction of sp³-hybridized carbons (Fsp3) is 0.300. The number of thiophene rings is 1. The predicted molar refractivity (Wildman–Crippen MR) is 64.0 cm³/mol. The lowest BCUT2D eigenvalue weighted by Crippen LogP contribution is -2.33. The van der Waals surface area contributed by atoms with Crippen molar-refractivity contribution < 1.29 is 4.79 Å². The lowest BCUT2D eigenvalue weighted by atomic mass is 10.4. The van der Waals surface area contributed by atoms with Crippen molar-refractivity contribution in [1.82, 2.24) is 4.90 Å². The first kappa shape index (κ1) is 12.2. The van der Waals surface area contributed by atoms with Gasteiger partial charge in [0, 0.05) is 18.0 Å². The van der Waals surface area contributed by atoms with E-state index in [9.17, 15) is 4.79 Å². The molecule has 0 aliphatic heterocycles. The predicted octanol–water partition coefficient (Wildman–Crippen LogP) is 1.87. The van der Waals surface area contributed by atoms with Gasteiger partial charge in [-0.2, -0.15) is 0 Å². The highest BCUT2D eigenvalue weighted by Crippen LogP contribution is 2.22. The Kier molecular flexibility index (Phi) is 4.81. The maximum absolute atomic E-state index is 10.8. The lowest BCUT2D eigenvalue weighted by molar-refractivity contribution is -0.119. The number of nitrogens with two attached hydrogens (primary N) is 1. The Labute approximate surface area is 98.1 Å². The standard InChI is InChI=1S/C10H13ClN2OS/c1-2-5-13(7-10(12)14)6-8-3-4-9(11)15-8/h2-4H,1,5-7H2,(H2,12,14). The van der Waals surface area contributed by atoms with Gasteiger partial charge < -0.3 is 5.73 Å². The van der Waals surface area contributed by atoms with Crippen molar-refractivity contribution in [3.05, 3.63) is 34.0 Å². The summed E-state index contributed by atoms with van der Waals surface area (Å²) in [7, 11) is 0. The van der Waals surface area contributed by atoms with Crippen LogP contribution in [0.15, 0.2) is 24.8 Å². The Morgan fingerprint density at radius 2 is 2.40 bits per heavy atom. The Morgan fingerprint density at radius 1 is 1.67 bits per heavy atom. The highest BCUT2D eigenvalue weighted by molar-refractivity contribution is 7.16. The van der Waals surface area contributed by atoms with Gasteiger partial charge in [0.2, 0.25) is 5.91 Å². The van der Waals surface area contributed by atoms with E-state index in [4.69, 9.17) is 17.3 Å². The van der Waals surface area contributed by atoms with E-state index in [1.807, 2.05) is 17.0 Å². The van der Waals surface area contributed by atoms with Crippen LogP contribution in [0.1, 0.15) is 4.88 Å². The number of carbonyl (C=O) groups excluding carboxylic acids is 1. The molecule has 0 fully saturated rings. The maximum Gasteiger partial charge on any atom is 0.231 e. The van der Waals surface area contributed by atoms with E-state index < -0.39 is 0 Å². The molecule has 1 aromatic rings. The quantitative estimate of drug-likeness (QED) is 0.777. The Morgan fingerprint density at radius 3 is 2.87 bits per heavy atom. The van der Waals surface area contributed by atoms with E-state index in [1.165, 1.54) is 11.3 Å². The highest BCUT2D eigenvalue weighted by Gasteiger charge is 2.08. The van der Waals surface area contributed by atoms with Gasteiger partial charge in [0.25, 0.3) is 0 Å². The normalized spacial score (nSPS) is 10.5. The van der Waals surface area contributed by atoms with Gasteiger partial charge >= 0.3 is 0 Å². The van der Waals surface area contributed by atoms with Gasteiger partial charge in [-0.3, -0.25) is 9.69 Å². The number of primary amides is 1. The van der Waals surface area contributed by atoms with E-state index in [2.05, 4.69) is 6.58 Å². The summed E-state index contributed by atoms with van der Waals surface area (Å²) in [4.78, 5) is 13.8. The van der Waals surface area contributed by atoms with Crippen LogP contribution in [0.25, 0.3) is 0 Å². The molecule has 2 N–H and O–H groups in total. The van der Waals surface area contributed by atoms with Gasteiger partial charge in [0.1, 0.15) is 0 Å². The van der Waals surface area contributed by atoms with Gasteiger partial charge in [-0.05, 0) is 12.1 Å². The monoisotopic (exact) mass is 244 g/mol. The highest BCUT2D eigenvalue weighted by atomic mass is 35.5. The van der Waals surface area contributed by atoms with Crippen LogP contribution in [0.4, 0.5) is 0 Å². The third-order valence-electron chi connectivity index (χ3n) is 1.78. The summed E-state index contributed by atoms with van der Waals surface area (Å²) in [5.41, 5.74) is 5.14. The molecule has 0 unspecified atom stereocenters. The molecule has 1 rings (SSSR count). The summed E-state index contributed by atoms with van der Waals surface area (Å²) in [6, 6.07) is 3.79. The van der Waals surface area contributed by atoms with Crippen LogP contribution in [0.2, 0.25) is 4.34 Å². The molecule has 0 saturated carbocycles. The van der Waals surface area contributed by atoms with Crippen molar-refractivity contribution in [3.63, 3.8) is 0 Å². The lowest BCUT2D eigenvalue weighted by Gasteiger charge is -2.17. The number of amides is 1. The van der Waals surface area contributed by atoms with E-state index >= 15 is 0 Å². The summed E-state index contributed by atoms with van der Waals surface area (Å²) >= 11 is 7.32. The third kappa shape index (κ3) is 4.46. The van der Waals surface area contributed by atoms with Gasteiger partial charge in [0.05, 0.1) is 10.9 Å². The summed E-state index contributed by atoms with van der Waals surface area (Å²) in [5, 5.41) is 0. The first-order chi connectivity index (χ1) is 7.11. The first-order valence-corrected chi connectivity index (χ1v) is 5.67. The average molecular weight is 245 g/mol. The van der Waals surface area contributed by atoms with Crippen molar-refractivity contribution in [1.29, 1.82) is 0 Å². The van der Waals surface area contributed by atoms with Crippen LogP contribution < -0.4 is 5.73 Å². The minimum atomic E-state index is -0.334. The Bertz CT molecular complexity index is 351. The minimum Gasteiger partial charge on any atom is -0.369 e. The first-order valence-electron chi connectivity index (χ1n) is 4.47. The zero-order chi connectivity index (χ0) is 11.3. The Hall–Kier alpha value is -0.840. The van der Waals surface area contributed by atoms with Crippen LogP contribution in [0.5, 0.6) is 0 Å². The molecule has 0 radical (unpaired) electrons. The maximum atomic E-state index is 10.8. The second-order valence-corrected chi connectivity index (χ2v) is 4.93. The number of hydrogen-bond acceptors (Lipinski definition) is 3. The molecule has 3 nitrogen and oxygen atoms in total. The smallest absolute Gasteiger partial charge is 0.231 e. The van der Waals surface area contributed by atoms with Crippen LogP contribution >= 0.6 is 22.9 Å². The summed E-state index contributed by atoms with van der Waals surface area (Å²) in [6.45, 7) is 5.19. The second kappa shape index (κ2) is 5.90. The molecule has 0 bridgehead atoms. The fourth-order valence-corrected chi connectivity index (χ4v) is 2.38. The molecule has 1 heterocycles. The molecule has 1 aromatic heterocycles. The molecule has 1 amide bonds. The molecule has 0 aromatic carbocycles. The topological polar surface area (TPSA) is 46.3 Å². The van der Waals surface area contributed by atoms with Gasteiger partial charge in [-0.1, -0.05) is 17.7 Å². The molecule has 5 heteroatoms. The third-order valence-corrected chi connectivity index (χ3v) is 2.99. The zero-order valence-corrected chi connectivity index (χ0v) is 9.85. The van der Waals surface area contributed by atoms with Crippen molar-refractivity contribution in [2.24, 2.45) is 5.73 Å². The molecule has 0 spiro atoms. The number of hydrogen-bond donors (Lipinski definition) is 1. The van der Waals surface area contributed by atoms with E-state index in [0.29, 0.717) is 13.1 Å². The number of halogens is 1. The van der Waals surface area contributed by atoms with Gasteiger partial charge in [0.15, 0.2) is 0 Å². The van der Waals surface area contributed by atoms with Crippen molar-refractivity contribution in [3.8, 4) is 0 Å². The van der Waals surface area contributed by atoms with Gasteiger partial charge in [-0.25, -0.2) is 0 Å². The molecule has 15 heavy (non-hydrogen) atoms. The molecular weight excluding hydrogens is 232 g/mol. The van der Waals surface area contributed by atoms with Crippen molar-refractivity contribution in [2.45, 2.75) is 6.54 Å². The number of rotatable bonds is 6. The molecular formula is C10H13ClN2OS. The summed E-state index contributed by atoms with van der Waals surface area (Å²) in [6.07, 6.45) is 1.75. The van der Waals surface area contributed by atoms with Crippen LogP contribution in [-0.4, -0.2) is 23.9 Å². The Balaban J connectivity index is 2.57. The summed E-state index contributed by atoms with van der Waals surface area (Å²) < 4.78 is 0.752. The molecule has 0 saturated heterocycles. The largest absolute Gasteiger partial charge is 0.369 e. The SMILES string of the molecule is C=CCN(CC(N)=O)Cc1ccc(Cl)s1. The number of nitrogens with zero attached hydrogens (tertiary/aromatic N) is 1.